The fourth-order valence-corrected chi connectivity index (χ4v) is 1.93. The number of aliphatic hydroxyl groups is 1. The second-order valence-electron chi connectivity index (χ2n) is 5.68. The van der Waals surface area contributed by atoms with Gasteiger partial charge in [-0.2, -0.15) is 0 Å². The number of ether oxygens (including phenoxy) is 3. The third-order valence-electron chi connectivity index (χ3n) is 3.20. The lowest BCUT2D eigenvalue weighted by Crippen LogP contribution is -2.40. The minimum Gasteiger partial charge on any atom is -0.388 e. The largest absolute Gasteiger partial charge is 0.388 e. The summed E-state index contributed by atoms with van der Waals surface area (Å²) in [5.74, 6) is 0. The summed E-state index contributed by atoms with van der Waals surface area (Å²) in [5, 5.41) is 9.85. The molecule has 0 aromatic heterocycles. The number of rotatable bonds is 4. The topological polar surface area (TPSA) is 47.9 Å². The van der Waals surface area contributed by atoms with Crippen molar-refractivity contribution >= 4 is 7.85 Å². The van der Waals surface area contributed by atoms with Crippen LogP contribution in [0.1, 0.15) is 27.7 Å². The molecule has 2 unspecified atom stereocenters. The zero-order valence-corrected chi connectivity index (χ0v) is 11.3. The number of hydrogen-bond donors (Lipinski definition) is 1. The summed E-state index contributed by atoms with van der Waals surface area (Å²) < 4.78 is 16.3. The summed E-state index contributed by atoms with van der Waals surface area (Å²) in [5.41, 5.74) is -0.0190. The maximum Gasteiger partial charge on any atom is 0.112 e. The Kier molecular flexibility index (Phi) is 5.01. The normalized spacial score (nSPS) is 36.1. The molecular weight excluding hydrogens is 219 g/mol. The highest BCUT2D eigenvalue weighted by atomic mass is 16.6. The fraction of sp³-hybridized carbons (Fsp3) is 1.00. The Morgan fingerprint density at radius 2 is 2.00 bits per heavy atom. The van der Waals surface area contributed by atoms with E-state index in [9.17, 15) is 5.11 Å². The minimum absolute atomic E-state index is 0.0190. The van der Waals surface area contributed by atoms with Gasteiger partial charge in [0.15, 0.2) is 0 Å². The molecule has 2 radical (unpaired) electrons. The van der Waals surface area contributed by atoms with Crippen LogP contribution in [0.5, 0.6) is 0 Å². The lowest BCUT2D eigenvalue weighted by atomic mass is 9.89. The Bertz CT molecular complexity index is 241. The van der Waals surface area contributed by atoms with E-state index in [2.05, 4.69) is 20.8 Å². The maximum absolute atomic E-state index is 9.85. The third kappa shape index (κ3) is 3.68. The van der Waals surface area contributed by atoms with Gasteiger partial charge in [0, 0.05) is 13.1 Å². The molecule has 1 N–H and O–H groups in total. The summed E-state index contributed by atoms with van der Waals surface area (Å²) in [6, 6.07) is -0.572. The van der Waals surface area contributed by atoms with E-state index in [4.69, 9.17) is 22.1 Å². The van der Waals surface area contributed by atoms with Gasteiger partial charge in [-0.3, -0.25) is 0 Å². The van der Waals surface area contributed by atoms with Crippen molar-refractivity contribution in [3.8, 4) is 0 Å². The van der Waals surface area contributed by atoms with Gasteiger partial charge < -0.3 is 19.3 Å². The zero-order valence-electron chi connectivity index (χ0n) is 11.3. The first kappa shape index (κ1) is 15.0. The van der Waals surface area contributed by atoms with Crippen LogP contribution in [-0.4, -0.2) is 57.1 Å². The molecule has 1 fully saturated rings. The van der Waals surface area contributed by atoms with Gasteiger partial charge in [0.25, 0.3) is 0 Å². The lowest BCUT2D eigenvalue weighted by molar-refractivity contribution is -0.0926. The highest BCUT2D eigenvalue weighted by Crippen LogP contribution is 2.26. The smallest absolute Gasteiger partial charge is 0.112 e. The Labute approximate surface area is 105 Å². The van der Waals surface area contributed by atoms with Crippen molar-refractivity contribution in [1.82, 2.24) is 0 Å². The molecule has 4 nitrogen and oxygen atoms in total. The molecule has 0 bridgehead atoms. The molecule has 1 saturated heterocycles. The number of methoxy groups -OCH3 is 1. The van der Waals surface area contributed by atoms with E-state index >= 15 is 0 Å². The van der Waals surface area contributed by atoms with E-state index in [0.717, 1.165) is 0 Å². The average molecular weight is 242 g/mol. The van der Waals surface area contributed by atoms with Crippen molar-refractivity contribution in [3.05, 3.63) is 0 Å². The first-order valence-corrected chi connectivity index (χ1v) is 6.01. The minimum atomic E-state index is -0.678. The molecule has 5 heteroatoms. The third-order valence-corrected chi connectivity index (χ3v) is 3.20. The van der Waals surface area contributed by atoms with Gasteiger partial charge in [-0.1, -0.05) is 20.8 Å². The van der Waals surface area contributed by atoms with Gasteiger partial charge in [0.1, 0.15) is 20.1 Å². The first-order valence-electron chi connectivity index (χ1n) is 6.01. The maximum atomic E-state index is 9.85. The molecule has 0 spiro atoms. The Morgan fingerprint density at radius 1 is 1.41 bits per heavy atom. The monoisotopic (exact) mass is 242 g/mol. The van der Waals surface area contributed by atoms with Crippen LogP contribution in [0.25, 0.3) is 0 Å². The predicted octanol–water partition coefficient (Wildman–Crippen LogP) is 0.707. The van der Waals surface area contributed by atoms with Crippen LogP contribution in [0.2, 0.25) is 0 Å². The molecule has 0 amide bonds. The highest BCUT2D eigenvalue weighted by Gasteiger charge is 2.40. The summed E-state index contributed by atoms with van der Waals surface area (Å²) >= 11 is 0. The van der Waals surface area contributed by atoms with Crippen molar-refractivity contribution in [2.75, 3.05) is 13.7 Å². The molecule has 1 rings (SSSR count). The van der Waals surface area contributed by atoms with Gasteiger partial charge in [0.05, 0.1) is 18.8 Å². The van der Waals surface area contributed by atoms with Crippen LogP contribution >= 0.6 is 0 Å². The fourth-order valence-electron chi connectivity index (χ4n) is 1.93. The molecule has 0 aromatic rings. The van der Waals surface area contributed by atoms with Gasteiger partial charge in [-0.15, -0.1) is 0 Å². The SMILES string of the molecule is [B][C@@H]1O[C@H](C)C(O)C1OC[C@@H](OC)C(C)(C)C. The molecule has 1 aliphatic heterocycles. The van der Waals surface area contributed by atoms with Gasteiger partial charge in [0.2, 0.25) is 0 Å². The highest BCUT2D eigenvalue weighted by molar-refractivity contribution is 6.11. The average Bonchev–Trinajstić information content (AvgIpc) is 2.43. The first-order chi connectivity index (χ1) is 7.77. The van der Waals surface area contributed by atoms with E-state index < -0.39 is 18.2 Å². The predicted molar refractivity (Wildman–Crippen MR) is 66.1 cm³/mol. The van der Waals surface area contributed by atoms with Crippen molar-refractivity contribution in [1.29, 1.82) is 0 Å². The Balaban J connectivity index is 2.50. The van der Waals surface area contributed by atoms with Gasteiger partial charge in [-0.25, -0.2) is 0 Å². The van der Waals surface area contributed by atoms with Crippen molar-refractivity contribution in [2.24, 2.45) is 5.41 Å². The molecule has 1 aliphatic rings. The molecule has 5 atom stereocenters. The van der Waals surface area contributed by atoms with Crippen LogP contribution in [0.4, 0.5) is 0 Å². The zero-order chi connectivity index (χ0) is 13.2. The lowest BCUT2D eigenvalue weighted by Gasteiger charge is -2.31. The molecule has 0 aromatic carbocycles. The van der Waals surface area contributed by atoms with Crippen molar-refractivity contribution in [3.63, 3.8) is 0 Å². The van der Waals surface area contributed by atoms with Crippen LogP contribution in [-0.2, 0) is 14.2 Å². The van der Waals surface area contributed by atoms with Crippen LogP contribution in [0, 0.1) is 5.41 Å². The van der Waals surface area contributed by atoms with Crippen LogP contribution in [0.15, 0.2) is 0 Å². The molecule has 1 heterocycles. The summed E-state index contributed by atoms with van der Waals surface area (Å²) in [6.45, 7) is 8.41. The standard InChI is InChI=1S/C12H23BO4/c1-7-9(14)10(11(13)17-7)16-6-8(15-5)12(2,3)4/h7-11,14H,6H2,1-5H3/t7-,8-,9?,10?,11-/m1/s1. The quantitative estimate of drug-likeness (QED) is 0.737. The van der Waals surface area contributed by atoms with Crippen molar-refractivity contribution < 1.29 is 19.3 Å². The molecule has 0 aliphatic carbocycles. The second kappa shape index (κ2) is 5.70. The molecule has 17 heavy (non-hydrogen) atoms. The van der Waals surface area contributed by atoms with Crippen molar-refractivity contribution in [2.45, 2.75) is 58.1 Å². The Hall–Kier alpha value is -0.0951. The second-order valence-corrected chi connectivity index (χ2v) is 5.68. The van der Waals surface area contributed by atoms with Gasteiger partial charge in [-0.05, 0) is 12.3 Å². The molecule has 98 valence electrons. The van der Waals surface area contributed by atoms with Crippen LogP contribution in [0.3, 0.4) is 0 Å². The summed E-state index contributed by atoms with van der Waals surface area (Å²) in [4.78, 5) is 0. The summed E-state index contributed by atoms with van der Waals surface area (Å²) in [6.07, 6.45) is -1.49. The van der Waals surface area contributed by atoms with E-state index in [1.165, 1.54) is 0 Å². The summed E-state index contributed by atoms with van der Waals surface area (Å²) in [7, 11) is 7.40. The number of aliphatic hydroxyl groups excluding tert-OH is 1. The molecular formula is C12H23BO4. The van der Waals surface area contributed by atoms with E-state index in [1.807, 2.05) is 0 Å². The van der Waals surface area contributed by atoms with E-state index in [1.54, 1.807) is 14.0 Å². The van der Waals surface area contributed by atoms with E-state index in [0.29, 0.717) is 6.61 Å². The van der Waals surface area contributed by atoms with Crippen LogP contribution < -0.4 is 0 Å². The van der Waals surface area contributed by atoms with Gasteiger partial charge >= 0.3 is 0 Å². The number of hydrogen-bond acceptors (Lipinski definition) is 4. The van der Waals surface area contributed by atoms with E-state index in [-0.39, 0.29) is 17.6 Å². The molecule has 0 saturated carbocycles. The Morgan fingerprint density at radius 3 is 2.35 bits per heavy atom.